The van der Waals surface area contributed by atoms with Crippen LogP contribution in [0.25, 0.3) is 0 Å². The molecule has 2 rings (SSSR count). The number of hydrogen-bond acceptors (Lipinski definition) is 2. The summed E-state index contributed by atoms with van der Waals surface area (Å²) >= 11 is 0. The van der Waals surface area contributed by atoms with Crippen molar-refractivity contribution in [1.29, 1.82) is 0 Å². The predicted molar refractivity (Wildman–Crippen MR) is 67.7 cm³/mol. The molecular weight excluding hydrogens is 204 g/mol. The van der Waals surface area contributed by atoms with Gasteiger partial charge in [-0.2, -0.15) is 0 Å². The Hall–Kier alpha value is 0.137. The van der Waals surface area contributed by atoms with Gasteiger partial charge >= 0.3 is 0 Å². The highest BCUT2D eigenvalue weighted by Crippen LogP contribution is 2.43. The van der Waals surface area contributed by atoms with Crippen LogP contribution in [-0.2, 0) is 9.47 Å². The first-order chi connectivity index (χ1) is 6.38. The van der Waals surface area contributed by atoms with E-state index >= 15 is 0 Å². The van der Waals surface area contributed by atoms with E-state index in [2.05, 4.69) is 27.7 Å². The normalized spacial score (nSPS) is 39.2. The summed E-state index contributed by atoms with van der Waals surface area (Å²) in [5.41, 5.74) is 0.342. The first-order valence-corrected chi connectivity index (χ1v) is 5.67. The minimum Gasteiger partial charge on any atom is -0.375 e. The van der Waals surface area contributed by atoms with Gasteiger partial charge in [-0.1, -0.05) is 20.8 Å². The zero-order valence-electron chi connectivity index (χ0n) is 9.80. The zero-order chi connectivity index (χ0) is 10.4. The molecule has 2 fully saturated rings. The lowest BCUT2D eigenvalue weighted by molar-refractivity contribution is -0.0788. The van der Waals surface area contributed by atoms with E-state index in [0.717, 1.165) is 19.4 Å². The summed E-state index contributed by atoms with van der Waals surface area (Å²) in [6.07, 6.45) is 4.51. The fraction of sp³-hybridized carbons (Fsp3) is 1.00. The van der Waals surface area contributed by atoms with Crippen molar-refractivity contribution in [2.24, 2.45) is 5.41 Å². The van der Waals surface area contributed by atoms with Crippen molar-refractivity contribution >= 4 is 11.0 Å². The average Bonchev–Trinajstić information content (AvgIpc) is 2.78. The molecule has 1 aliphatic heterocycles. The summed E-state index contributed by atoms with van der Waals surface area (Å²) in [6, 6.07) is 0. The lowest BCUT2D eigenvalue weighted by Crippen LogP contribution is -2.37. The minimum absolute atomic E-state index is 0. The molecule has 0 aromatic rings. The summed E-state index contributed by atoms with van der Waals surface area (Å²) < 4.78 is 11.6. The van der Waals surface area contributed by atoms with Crippen LogP contribution < -0.4 is 0 Å². The molecule has 0 radical (unpaired) electrons. The van der Waals surface area contributed by atoms with Crippen LogP contribution in [-0.4, -0.2) is 35.4 Å². The second-order valence-corrected chi connectivity index (χ2v) is 6.26. The van der Waals surface area contributed by atoms with E-state index in [1.807, 2.05) is 0 Å². The molecule has 0 aromatic carbocycles. The van der Waals surface area contributed by atoms with Crippen LogP contribution in [0.4, 0.5) is 0 Å². The molecule has 1 saturated heterocycles. The van der Waals surface area contributed by atoms with E-state index in [4.69, 9.17) is 9.47 Å². The zero-order valence-corrected chi connectivity index (χ0v) is 9.80. The third kappa shape index (κ3) is 3.57. The Labute approximate surface area is 97.7 Å². The van der Waals surface area contributed by atoms with Crippen LogP contribution in [0.1, 0.15) is 47.0 Å². The second-order valence-electron chi connectivity index (χ2n) is 6.26. The fourth-order valence-corrected chi connectivity index (χ4v) is 2.11. The SMILES string of the molecule is CC(C)(C)COC1(C)CC[C@H]2O[C@H]2C1.[SiH4]. The lowest BCUT2D eigenvalue weighted by Gasteiger charge is -2.34. The predicted octanol–water partition coefficient (Wildman–Crippen LogP) is 1.31. The number of ether oxygens (including phenoxy) is 2. The first kappa shape index (κ1) is 13.2. The van der Waals surface area contributed by atoms with Gasteiger partial charge in [0.15, 0.2) is 0 Å². The molecule has 0 N–H and O–H groups in total. The monoisotopic (exact) mass is 230 g/mol. The van der Waals surface area contributed by atoms with Crippen molar-refractivity contribution in [2.45, 2.75) is 64.8 Å². The summed E-state index contributed by atoms with van der Waals surface area (Å²) in [6.45, 7) is 9.73. The Morgan fingerprint density at radius 2 is 2.00 bits per heavy atom. The van der Waals surface area contributed by atoms with Crippen LogP contribution in [0.5, 0.6) is 0 Å². The van der Waals surface area contributed by atoms with Gasteiger partial charge in [0, 0.05) is 6.42 Å². The molecule has 1 saturated carbocycles. The Morgan fingerprint density at radius 1 is 1.33 bits per heavy atom. The van der Waals surface area contributed by atoms with Gasteiger partial charge in [-0.15, -0.1) is 0 Å². The third-order valence-electron chi connectivity index (χ3n) is 3.13. The maximum absolute atomic E-state index is 6.05. The van der Waals surface area contributed by atoms with Crippen molar-refractivity contribution in [3.05, 3.63) is 0 Å². The molecule has 0 amide bonds. The van der Waals surface area contributed by atoms with E-state index in [9.17, 15) is 0 Å². The van der Waals surface area contributed by atoms with Crippen LogP contribution >= 0.6 is 0 Å². The topological polar surface area (TPSA) is 21.8 Å². The van der Waals surface area contributed by atoms with Gasteiger partial charge in [-0.25, -0.2) is 0 Å². The molecule has 1 aliphatic carbocycles. The quantitative estimate of drug-likeness (QED) is 0.527. The lowest BCUT2D eigenvalue weighted by atomic mass is 9.86. The summed E-state index contributed by atoms with van der Waals surface area (Å²) in [7, 11) is 0. The molecule has 0 aromatic heterocycles. The third-order valence-corrected chi connectivity index (χ3v) is 3.13. The van der Waals surface area contributed by atoms with Crippen LogP contribution in [0.15, 0.2) is 0 Å². The Bertz CT molecular complexity index is 224. The highest BCUT2D eigenvalue weighted by atomic mass is 28.1. The van der Waals surface area contributed by atoms with Crippen molar-refractivity contribution < 1.29 is 9.47 Å². The van der Waals surface area contributed by atoms with E-state index in [1.54, 1.807) is 0 Å². The molecule has 90 valence electrons. The van der Waals surface area contributed by atoms with Gasteiger partial charge < -0.3 is 9.47 Å². The number of fused-ring (bicyclic) bond motifs is 1. The summed E-state index contributed by atoms with van der Waals surface area (Å²) in [4.78, 5) is 0. The Kier molecular flexibility index (Phi) is 3.69. The maximum Gasteiger partial charge on any atom is 0.0869 e. The fourth-order valence-electron chi connectivity index (χ4n) is 2.11. The highest BCUT2D eigenvalue weighted by Gasteiger charge is 2.49. The van der Waals surface area contributed by atoms with E-state index in [-0.39, 0.29) is 22.0 Å². The van der Waals surface area contributed by atoms with Crippen LogP contribution in [0.3, 0.4) is 0 Å². The van der Waals surface area contributed by atoms with Gasteiger partial charge in [0.05, 0.1) is 24.4 Å². The molecule has 2 aliphatic rings. The molecule has 15 heavy (non-hydrogen) atoms. The second kappa shape index (κ2) is 4.19. The number of hydrogen-bond donors (Lipinski definition) is 0. The number of rotatable bonds is 2. The van der Waals surface area contributed by atoms with Crippen LogP contribution in [0, 0.1) is 5.41 Å². The molecule has 0 spiro atoms. The molecule has 2 nitrogen and oxygen atoms in total. The Morgan fingerprint density at radius 3 is 2.53 bits per heavy atom. The molecule has 3 atom stereocenters. The molecule has 3 heteroatoms. The van der Waals surface area contributed by atoms with Crippen molar-refractivity contribution in [3.63, 3.8) is 0 Å². The van der Waals surface area contributed by atoms with Crippen molar-refractivity contribution in [1.82, 2.24) is 0 Å². The summed E-state index contributed by atoms with van der Waals surface area (Å²) in [5.74, 6) is 0. The Balaban J connectivity index is 0.00000112. The molecular formula is C12H26O2Si. The maximum atomic E-state index is 6.05. The van der Waals surface area contributed by atoms with E-state index in [1.165, 1.54) is 6.42 Å². The first-order valence-electron chi connectivity index (χ1n) is 5.67. The van der Waals surface area contributed by atoms with Crippen molar-refractivity contribution in [3.8, 4) is 0 Å². The summed E-state index contributed by atoms with van der Waals surface area (Å²) in [5, 5.41) is 0. The molecule has 0 bridgehead atoms. The largest absolute Gasteiger partial charge is 0.375 e. The van der Waals surface area contributed by atoms with Gasteiger partial charge in [-0.3, -0.25) is 0 Å². The van der Waals surface area contributed by atoms with Crippen molar-refractivity contribution in [2.75, 3.05) is 6.61 Å². The standard InChI is InChI=1S/C12H22O2.H4Si/c1-11(2,3)8-13-12(4)6-5-9-10(7-12)14-9;/h9-10H,5-8H2,1-4H3;1H4/t9-,10+,12?;/m1./s1. The van der Waals surface area contributed by atoms with Gasteiger partial charge in [0.2, 0.25) is 0 Å². The molecule has 1 unspecified atom stereocenters. The van der Waals surface area contributed by atoms with E-state index < -0.39 is 0 Å². The highest BCUT2D eigenvalue weighted by molar-refractivity contribution is 5.75. The van der Waals surface area contributed by atoms with E-state index in [0.29, 0.717) is 12.2 Å². The minimum atomic E-state index is 0. The van der Waals surface area contributed by atoms with Gasteiger partial charge in [0.1, 0.15) is 0 Å². The van der Waals surface area contributed by atoms with Crippen LogP contribution in [0.2, 0.25) is 0 Å². The smallest absolute Gasteiger partial charge is 0.0869 e. The average molecular weight is 230 g/mol. The number of epoxide rings is 1. The van der Waals surface area contributed by atoms with Gasteiger partial charge in [-0.05, 0) is 36.1 Å². The van der Waals surface area contributed by atoms with Gasteiger partial charge in [0.25, 0.3) is 0 Å². The molecule has 1 heterocycles.